The van der Waals surface area contributed by atoms with Crippen molar-refractivity contribution >= 4 is 16.8 Å². The van der Waals surface area contributed by atoms with Gasteiger partial charge in [0.05, 0.1) is 18.6 Å². The van der Waals surface area contributed by atoms with Crippen LogP contribution in [0.25, 0.3) is 10.9 Å². The minimum absolute atomic E-state index is 0.0334. The predicted molar refractivity (Wildman–Crippen MR) is 96.0 cm³/mol. The van der Waals surface area contributed by atoms with Gasteiger partial charge in [0.15, 0.2) is 0 Å². The third-order valence-corrected chi connectivity index (χ3v) is 4.55. The number of carbonyl (C=O) groups excluding carboxylic acids is 1. The van der Waals surface area contributed by atoms with Gasteiger partial charge in [-0.2, -0.15) is 0 Å². The standard InChI is InChI=1S/C19H26FN3O2/c1-13-11-23(12-14(2)25-13)7-3-6-21-19(24)8-15-10-22-18-5-4-16(20)9-17(15)18/h4-5,9-10,13-14,22H,3,6-8,11-12H2,1-2H3,(H,21,24)/t13-,14-/m0/s1. The molecular formula is C19H26FN3O2. The fourth-order valence-electron chi connectivity index (χ4n) is 3.53. The topological polar surface area (TPSA) is 57.4 Å². The summed E-state index contributed by atoms with van der Waals surface area (Å²) >= 11 is 0. The summed E-state index contributed by atoms with van der Waals surface area (Å²) in [6.07, 6.45) is 3.48. The summed E-state index contributed by atoms with van der Waals surface area (Å²) in [5.41, 5.74) is 1.67. The Labute approximate surface area is 147 Å². The van der Waals surface area contributed by atoms with Crippen molar-refractivity contribution in [1.29, 1.82) is 0 Å². The van der Waals surface area contributed by atoms with Gasteiger partial charge in [-0.3, -0.25) is 9.69 Å². The van der Waals surface area contributed by atoms with Crippen LogP contribution in [0, 0.1) is 5.82 Å². The van der Waals surface area contributed by atoms with Gasteiger partial charge in [-0.1, -0.05) is 0 Å². The van der Waals surface area contributed by atoms with Crippen molar-refractivity contribution in [3.8, 4) is 0 Å². The average Bonchev–Trinajstić information content (AvgIpc) is 2.93. The molecule has 136 valence electrons. The highest BCUT2D eigenvalue weighted by atomic mass is 19.1. The zero-order valence-electron chi connectivity index (χ0n) is 14.8. The van der Waals surface area contributed by atoms with Crippen LogP contribution in [0.15, 0.2) is 24.4 Å². The highest BCUT2D eigenvalue weighted by Crippen LogP contribution is 2.19. The second kappa shape index (κ2) is 7.97. The molecule has 2 N–H and O–H groups in total. The van der Waals surface area contributed by atoms with Crippen LogP contribution in [-0.2, 0) is 16.0 Å². The van der Waals surface area contributed by atoms with Gasteiger partial charge in [0.2, 0.25) is 5.91 Å². The number of H-pyrrole nitrogens is 1. The molecule has 1 saturated heterocycles. The van der Waals surface area contributed by atoms with Gasteiger partial charge in [-0.15, -0.1) is 0 Å². The summed E-state index contributed by atoms with van der Waals surface area (Å²) in [4.78, 5) is 17.6. The number of aromatic amines is 1. The second-order valence-corrected chi connectivity index (χ2v) is 6.90. The average molecular weight is 347 g/mol. The number of nitrogens with one attached hydrogen (secondary N) is 2. The summed E-state index contributed by atoms with van der Waals surface area (Å²) < 4.78 is 19.1. The van der Waals surface area contributed by atoms with E-state index < -0.39 is 0 Å². The minimum atomic E-state index is -0.289. The monoisotopic (exact) mass is 347 g/mol. The lowest BCUT2D eigenvalue weighted by molar-refractivity contribution is -0.120. The van der Waals surface area contributed by atoms with E-state index in [0.29, 0.717) is 6.54 Å². The van der Waals surface area contributed by atoms with Crippen LogP contribution in [0.3, 0.4) is 0 Å². The van der Waals surface area contributed by atoms with Crippen molar-refractivity contribution in [1.82, 2.24) is 15.2 Å². The quantitative estimate of drug-likeness (QED) is 0.789. The third kappa shape index (κ3) is 4.80. The number of nitrogens with zero attached hydrogens (tertiary/aromatic N) is 1. The summed E-state index contributed by atoms with van der Waals surface area (Å²) in [5, 5.41) is 3.73. The maximum Gasteiger partial charge on any atom is 0.224 e. The fraction of sp³-hybridized carbons (Fsp3) is 0.526. The molecule has 1 aromatic carbocycles. The smallest absolute Gasteiger partial charge is 0.224 e. The van der Waals surface area contributed by atoms with Crippen LogP contribution in [0.4, 0.5) is 4.39 Å². The van der Waals surface area contributed by atoms with Crippen LogP contribution in [0.2, 0.25) is 0 Å². The SMILES string of the molecule is C[C@H]1CN(CCCNC(=O)Cc2c[nH]c3ccc(F)cc23)C[C@H](C)O1. The number of carbonyl (C=O) groups is 1. The Morgan fingerprint density at radius 2 is 2.12 bits per heavy atom. The van der Waals surface area contributed by atoms with Gasteiger partial charge in [0.25, 0.3) is 0 Å². The summed E-state index contributed by atoms with van der Waals surface area (Å²) in [5.74, 6) is -0.323. The van der Waals surface area contributed by atoms with E-state index >= 15 is 0 Å². The Hall–Kier alpha value is -1.92. The number of hydrogen-bond acceptors (Lipinski definition) is 3. The molecule has 1 aliphatic heterocycles. The van der Waals surface area contributed by atoms with E-state index in [1.807, 2.05) is 0 Å². The van der Waals surface area contributed by atoms with Crippen LogP contribution < -0.4 is 5.32 Å². The van der Waals surface area contributed by atoms with Crippen molar-refractivity contribution < 1.29 is 13.9 Å². The van der Waals surface area contributed by atoms with Gasteiger partial charge in [-0.05, 0) is 44.0 Å². The molecule has 2 atom stereocenters. The first-order valence-electron chi connectivity index (χ1n) is 8.91. The molecule has 0 aliphatic carbocycles. The van der Waals surface area contributed by atoms with E-state index in [-0.39, 0.29) is 30.4 Å². The number of halogens is 1. The molecule has 0 spiro atoms. The summed E-state index contributed by atoms with van der Waals surface area (Å²) in [6.45, 7) is 7.67. The minimum Gasteiger partial charge on any atom is -0.373 e. The molecule has 0 bridgehead atoms. The van der Waals surface area contributed by atoms with Gasteiger partial charge in [0, 0.05) is 43.3 Å². The number of aromatic nitrogens is 1. The molecule has 2 heterocycles. The molecule has 5 nitrogen and oxygen atoms in total. The Bertz CT molecular complexity index is 721. The largest absolute Gasteiger partial charge is 0.373 e. The zero-order chi connectivity index (χ0) is 17.8. The Morgan fingerprint density at radius 1 is 1.36 bits per heavy atom. The maximum absolute atomic E-state index is 13.4. The van der Waals surface area contributed by atoms with Gasteiger partial charge < -0.3 is 15.0 Å². The van der Waals surface area contributed by atoms with Crippen LogP contribution in [-0.4, -0.2) is 54.2 Å². The molecule has 25 heavy (non-hydrogen) atoms. The van der Waals surface area contributed by atoms with Crippen LogP contribution in [0.5, 0.6) is 0 Å². The first kappa shape index (κ1) is 17.9. The number of benzene rings is 1. The van der Waals surface area contributed by atoms with E-state index in [1.165, 1.54) is 12.1 Å². The van der Waals surface area contributed by atoms with Crippen molar-refractivity contribution in [2.75, 3.05) is 26.2 Å². The van der Waals surface area contributed by atoms with Gasteiger partial charge in [0.1, 0.15) is 5.82 Å². The highest BCUT2D eigenvalue weighted by Gasteiger charge is 2.21. The molecule has 0 unspecified atom stereocenters. The Balaban J connectivity index is 1.43. The number of hydrogen-bond donors (Lipinski definition) is 2. The first-order chi connectivity index (χ1) is 12.0. The molecule has 1 aliphatic rings. The molecule has 1 aromatic heterocycles. The Kier molecular flexibility index (Phi) is 5.71. The third-order valence-electron chi connectivity index (χ3n) is 4.55. The molecule has 1 amide bonds. The van der Waals surface area contributed by atoms with Crippen molar-refractivity contribution in [3.05, 3.63) is 35.8 Å². The van der Waals surface area contributed by atoms with E-state index in [0.717, 1.165) is 42.5 Å². The number of morpholine rings is 1. The number of ether oxygens (including phenoxy) is 1. The maximum atomic E-state index is 13.4. The second-order valence-electron chi connectivity index (χ2n) is 6.90. The van der Waals surface area contributed by atoms with Crippen molar-refractivity contribution in [2.45, 2.75) is 38.9 Å². The summed E-state index contributed by atoms with van der Waals surface area (Å²) in [6, 6.07) is 4.57. The summed E-state index contributed by atoms with van der Waals surface area (Å²) in [7, 11) is 0. The molecule has 1 fully saturated rings. The Morgan fingerprint density at radius 3 is 2.88 bits per heavy atom. The van der Waals surface area contributed by atoms with Crippen LogP contribution in [0.1, 0.15) is 25.8 Å². The number of rotatable bonds is 6. The first-order valence-corrected chi connectivity index (χ1v) is 8.91. The molecule has 0 saturated carbocycles. The molecule has 2 aromatic rings. The van der Waals surface area contributed by atoms with Crippen LogP contribution >= 0.6 is 0 Å². The molecular weight excluding hydrogens is 321 g/mol. The fourth-order valence-corrected chi connectivity index (χ4v) is 3.53. The van der Waals surface area contributed by atoms with E-state index in [9.17, 15) is 9.18 Å². The zero-order valence-corrected chi connectivity index (χ0v) is 14.8. The lowest BCUT2D eigenvalue weighted by Crippen LogP contribution is -2.46. The number of fused-ring (bicyclic) bond motifs is 1. The van der Waals surface area contributed by atoms with E-state index in [1.54, 1.807) is 12.3 Å². The van der Waals surface area contributed by atoms with Gasteiger partial charge >= 0.3 is 0 Å². The molecule has 3 rings (SSSR count). The normalized spacial score (nSPS) is 21.6. The van der Waals surface area contributed by atoms with Gasteiger partial charge in [-0.25, -0.2) is 4.39 Å². The molecule has 0 radical (unpaired) electrons. The lowest BCUT2D eigenvalue weighted by Gasteiger charge is -2.35. The highest BCUT2D eigenvalue weighted by molar-refractivity contribution is 5.88. The van der Waals surface area contributed by atoms with E-state index in [4.69, 9.17) is 4.74 Å². The number of amides is 1. The predicted octanol–water partition coefficient (Wildman–Crippen LogP) is 2.47. The molecule has 6 heteroatoms. The van der Waals surface area contributed by atoms with Crippen molar-refractivity contribution in [3.63, 3.8) is 0 Å². The lowest BCUT2D eigenvalue weighted by atomic mass is 10.1. The van der Waals surface area contributed by atoms with E-state index in [2.05, 4.69) is 29.0 Å². The van der Waals surface area contributed by atoms with Crippen molar-refractivity contribution in [2.24, 2.45) is 0 Å².